The van der Waals surface area contributed by atoms with Crippen LogP contribution in [0.3, 0.4) is 0 Å². The maximum atomic E-state index is 12.8. The summed E-state index contributed by atoms with van der Waals surface area (Å²) in [6.07, 6.45) is 10.8. The number of hydrogen-bond donors (Lipinski definition) is 0. The highest BCUT2D eigenvalue weighted by molar-refractivity contribution is 5.75. The SMILES string of the molecule is CN1CC2(CCCCc3ccccc3OCCCC1=O)CCN(C1CCOCC1)CC2. The second-order valence-electron chi connectivity index (χ2n) is 9.90. The second kappa shape index (κ2) is 10.8. The third-order valence-electron chi connectivity index (χ3n) is 7.73. The lowest BCUT2D eigenvalue weighted by atomic mass is 9.73. The molecule has 1 spiro atoms. The summed E-state index contributed by atoms with van der Waals surface area (Å²) in [5.74, 6) is 1.26. The molecule has 1 aromatic carbocycles. The lowest BCUT2D eigenvalue weighted by Gasteiger charge is -2.47. The van der Waals surface area contributed by atoms with Gasteiger partial charge in [0.25, 0.3) is 0 Å². The standard InChI is InChI=1S/C26H40N2O3/c1-27-21-26(14-16-28(17-15-26)23-11-19-30-20-12-23)13-5-4-8-22-7-2-3-9-24(22)31-18-6-10-25(27)29/h2-3,7,9,23H,4-6,8,10-21H2,1H3. The van der Waals surface area contributed by atoms with E-state index in [2.05, 4.69) is 23.1 Å². The lowest BCUT2D eigenvalue weighted by Crippen LogP contribution is -2.50. The van der Waals surface area contributed by atoms with Crippen molar-refractivity contribution < 1.29 is 14.3 Å². The molecular weight excluding hydrogens is 388 g/mol. The molecule has 4 rings (SSSR count). The fraction of sp³-hybridized carbons (Fsp3) is 0.731. The number of nitrogens with zero attached hydrogens (tertiary/aromatic N) is 2. The molecule has 0 N–H and O–H groups in total. The van der Waals surface area contributed by atoms with Gasteiger partial charge in [-0.25, -0.2) is 0 Å². The van der Waals surface area contributed by atoms with Gasteiger partial charge < -0.3 is 19.3 Å². The molecule has 3 heterocycles. The minimum Gasteiger partial charge on any atom is -0.493 e. The van der Waals surface area contributed by atoms with Gasteiger partial charge in [0.1, 0.15) is 5.75 Å². The van der Waals surface area contributed by atoms with Crippen molar-refractivity contribution in [1.82, 2.24) is 9.80 Å². The number of para-hydroxylation sites is 1. The molecule has 2 fully saturated rings. The Balaban J connectivity index is 1.42. The number of benzene rings is 1. The maximum Gasteiger partial charge on any atom is 0.222 e. The molecule has 0 saturated carbocycles. The van der Waals surface area contributed by atoms with Gasteiger partial charge in [0.15, 0.2) is 0 Å². The van der Waals surface area contributed by atoms with Crippen molar-refractivity contribution in [2.24, 2.45) is 5.41 Å². The van der Waals surface area contributed by atoms with E-state index >= 15 is 0 Å². The van der Waals surface area contributed by atoms with Crippen LogP contribution in [0.2, 0.25) is 0 Å². The van der Waals surface area contributed by atoms with Crippen molar-refractivity contribution in [2.75, 3.05) is 46.5 Å². The van der Waals surface area contributed by atoms with Crippen molar-refractivity contribution in [1.29, 1.82) is 0 Å². The average Bonchev–Trinajstić information content (AvgIpc) is 2.81. The largest absolute Gasteiger partial charge is 0.493 e. The first kappa shape index (κ1) is 22.6. The van der Waals surface area contributed by atoms with Gasteiger partial charge in [-0.3, -0.25) is 4.79 Å². The summed E-state index contributed by atoms with van der Waals surface area (Å²) in [4.78, 5) is 17.5. The summed E-state index contributed by atoms with van der Waals surface area (Å²) in [5, 5.41) is 0. The molecular formula is C26H40N2O3. The summed E-state index contributed by atoms with van der Waals surface area (Å²) in [6, 6.07) is 9.12. The normalized spacial score (nSPS) is 24.9. The van der Waals surface area contributed by atoms with Crippen LogP contribution in [0.4, 0.5) is 0 Å². The molecule has 2 saturated heterocycles. The Labute approximate surface area is 188 Å². The summed E-state index contributed by atoms with van der Waals surface area (Å²) in [5.41, 5.74) is 1.58. The van der Waals surface area contributed by atoms with Crippen LogP contribution < -0.4 is 4.74 Å². The van der Waals surface area contributed by atoms with Crippen LogP contribution in [0.25, 0.3) is 0 Å². The molecule has 0 radical (unpaired) electrons. The Hall–Kier alpha value is -1.59. The molecule has 172 valence electrons. The van der Waals surface area contributed by atoms with Gasteiger partial charge in [-0.05, 0) is 81.5 Å². The number of carbonyl (C=O) groups is 1. The summed E-state index contributed by atoms with van der Waals surface area (Å²) in [7, 11) is 2.01. The van der Waals surface area contributed by atoms with Crippen molar-refractivity contribution in [2.45, 2.75) is 70.3 Å². The van der Waals surface area contributed by atoms with E-state index in [4.69, 9.17) is 9.47 Å². The molecule has 1 amide bonds. The fourth-order valence-corrected chi connectivity index (χ4v) is 5.76. The van der Waals surface area contributed by atoms with E-state index in [-0.39, 0.29) is 11.3 Å². The zero-order chi connectivity index (χ0) is 21.5. The first-order chi connectivity index (χ1) is 15.2. The van der Waals surface area contributed by atoms with Crippen molar-refractivity contribution in [3.63, 3.8) is 0 Å². The van der Waals surface area contributed by atoms with E-state index in [9.17, 15) is 4.79 Å². The number of likely N-dealkylation sites (tertiary alicyclic amines) is 1. The molecule has 3 aliphatic heterocycles. The highest BCUT2D eigenvalue weighted by Crippen LogP contribution is 2.39. The Kier molecular flexibility index (Phi) is 7.89. The molecule has 5 heteroatoms. The summed E-state index contributed by atoms with van der Waals surface area (Å²) >= 11 is 0. The maximum absolute atomic E-state index is 12.8. The Bertz CT molecular complexity index is 708. The van der Waals surface area contributed by atoms with Crippen LogP contribution in [0.5, 0.6) is 5.75 Å². The number of piperidine rings is 1. The quantitative estimate of drug-likeness (QED) is 0.669. The van der Waals surface area contributed by atoms with E-state index < -0.39 is 0 Å². The van der Waals surface area contributed by atoms with Gasteiger partial charge >= 0.3 is 0 Å². The Morgan fingerprint density at radius 2 is 1.71 bits per heavy atom. The van der Waals surface area contributed by atoms with Crippen LogP contribution in [0.15, 0.2) is 24.3 Å². The van der Waals surface area contributed by atoms with Crippen LogP contribution in [0, 0.1) is 5.41 Å². The topological polar surface area (TPSA) is 42.0 Å². The number of carbonyl (C=O) groups excluding carboxylic acids is 1. The highest BCUT2D eigenvalue weighted by Gasteiger charge is 2.38. The number of amides is 1. The highest BCUT2D eigenvalue weighted by atomic mass is 16.5. The lowest BCUT2D eigenvalue weighted by molar-refractivity contribution is -0.132. The average molecular weight is 429 g/mol. The van der Waals surface area contributed by atoms with E-state index in [1.807, 2.05) is 18.0 Å². The number of rotatable bonds is 1. The molecule has 5 nitrogen and oxygen atoms in total. The number of ether oxygens (including phenoxy) is 2. The number of aryl methyl sites for hydroxylation is 1. The number of fused-ring (bicyclic) bond motifs is 1. The van der Waals surface area contributed by atoms with Crippen LogP contribution in [-0.4, -0.2) is 68.3 Å². The zero-order valence-electron chi connectivity index (χ0n) is 19.3. The first-order valence-corrected chi connectivity index (χ1v) is 12.4. The van der Waals surface area contributed by atoms with Gasteiger partial charge in [0.05, 0.1) is 6.61 Å². The monoisotopic (exact) mass is 428 g/mol. The third-order valence-corrected chi connectivity index (χ3v) is 7.73. The van der Waals surface area contributed by atoms with Crippen molar-refractivity contribution in [3.8, 4) is 5.75 Å². The Morgan fingerprint density at radius 3 is 2.52 bits per heavy atom. The molecule has 31 heavy (non-hydrogen) atoms. The second-order valence-corrected chi connectivity index (χ2v) is 9.90. The smallest absolute Gasteiger partial charge is 0.222 e. The van der Waals surface area contributed by atoms with Crippen LogP contribution in [-0.2, 0) is 16.0 Å². The minimum absolute atomic E-state index is 0.264. The predicted molar refractivity (Wildman–Crippen MR) is 123 cm³/mol. The van der Waals surface area contributed by atoms with Gasteiger partial charge in [-0.2, -0.15) is 0 Å². The summed E-state index contributed by atoms with van der Waals surface area (Å²) in [6.45, 7) is 5.68. The Morgan fingerprint density at radius 1 is 0.935 bits per heavy atom. The van der Waals surface area contributed by atoms with E-state index in [0.29, 0.717) is 19.1 Å². The van der Waals surface area contributed by atoms with Gasteiger partial charge in [0.2, 0.25) is 5.91 Å². The number of hydrogen-bond acceptors (Lipinski definition) is 4. The van der Waals surface area contributed by atoms with E-state index in [1.165, 1.54) is 63.6 Å². The van der Waals surface area contributed by atoms with E-state index in [1.54, 1.807) is 0 Å². The molecule has 0 aromatic heterocycles. The van der Waals surface area contributed by atoms with E-state index in [0.717, 1.165) is 38.3 Å². The van der Waals surface area contributed by atoms with Crippen molar-refractivity contribution >= 4 is 5.91 Å². The fourth-order valence-electron chi connectivity index (χ4n) is 5.76. The molecule has 0 atom stereocenters. The molecule has 1 aromatic rings. The first-order valence-electron chi connectivity index (χ1n) is 12.4. The molecule has 0 bridgehead atoms. The van der Waals surface area contributed by atoms with Gasteiger partial charge in [-0.15, -0.1) is 0 Å². The molecule has 0 aliphatic carbocycles. The molecule has 3 aliphatic rings. The predicted octanol–water partition coefficient (Wildman–Crippen LogP) is 4.29. The zero-order valence-corrected chi connectivity index (χ0v) is 19.3. The van der Waals surface area contributed by atoms with Gasteiger partial charge in [-0.1, -0.05) is 24.6 Å². The summed E-state index contributed by atoms with van der Waals surface area (Å²) < 4.78 is 11.6. The van der Waals surface area contributed by atoms with Gasteiger partial charge in [0, 0.05) is 39.3 Å². The third kappa shape index (κ3) is 6.01. The van der Waals surface area contributed by atoms with Crippen LogP contribution >= 0.6 is 0 Å². The molecule has 0 unspecified atom stereocenters. The van der Waals surface area contributed by atoms with Crippen LogP contribution in [0.1, 0.15) is 63.4 Å². The minimum atomic E-state index is 0.264. The van der Waals surface area contributed by atoms with Crippen molar-refractivity contribution in [3.05, 3.63) is 29.8 Å².